The van der Waals surface area contributed by atoms with Crippen LogP contribution in [0, 0.1) is 0 Å². The molecule has 1 atom stereocenters. The summed E-state index contributed by atoms with van der Waals surface area (Å²) in [5.74, 6) is 0.218. The van der Waals surface area contributed by atoms with E-state index in [-0.39, 0.29) is 18.3 Å². The normalized spacial score (nSPS) is 21.0. The second-order valence-electron chi connectivity index (χ2n) is 7.63. The number of rotatable bonds is 4. The van der Waals surface area contributed by atoms with E-state index in [9.17, 15) is 15.0 Å². The summed E-state index contributed by atoms with van der Waals surface area (Å²) >= 11 is 0. The Labute approximate surface area is 159 Å². The monoisotopic (exact) mass is 372 g/mol. The van der Waals surface area contributed by atoms with Gasteiger partial charge in [0, 0.05) is 51.4 Å². The second kappa shape index (κ2) is 8.10. The van der Waals surface area contributed by atoms with Crippen molar-refractivity contribution in [3.63, 3.8) is 0 Å². The van der Waals surface area contributed by atoms with E-state index in [4.69, 9.17) is 0 Å². The molecule has 2 heterocycles. The maximum absolute atomic E-state index is 11.7. The van der Waals surface area contributed by atoms with Gasteiger partial charge in [-0.05, 0) is 49.6 Å². The van der Waals surface area contributed by atoms with E-state index < -0.39 is 5.60 Å². The quantitative estimate of drug-likeness (QED) is 0.763. The van der Waals surface area contributed by atoms with Gasteiger partial charge in [0.05, 0.1) is 11.1 Å². The van der Waals surface area contributed by atoms with Gasteiger partial charge in [-0.1, -0.05) is 0 Å². The lowest BCUT2D eigenvalue weighted by molar-refractivity contribution is 0.0271. The SMILES string of the molecule is CN(C)C(=O)NC[C@]1(O)CCCN(Cc2cnc3cc(O)ccc3c2)CC1. The first-order chi connectivity index (χ1) is 12.8. The first-order valence-corrected chi connectivity index (χ1v) is 9.32. The Morgan fingerprint density at radius 3 is 2.89 bits per heavy atom. The highest BCUT2D eigenvalue weighted by atomic mass is 16.3. The number of nitrogens with zero attached hydrogens (tertiary/aromatic N) is 3. The Balaban J connectivity index is 1.59. The molecule has 1 aliphatic heterocycles. The number of phenols is 1. The minimum atomic E-state index is -0.862. The van der Waals surface area contributed by atoms with Crippen molar-refractivity contribution in [2.75, 3.05) is 33.7 Å². The predicted octanol–water partition coefficient (Wildman–Crippen LogP) is 1.93. The number of hydrogen-bond acceptors (Lipinski definition) is 5. The van der Waals surface area contributed by atoms with E-state index >= 15 is 0 Å². The van der Waals surface area contributed by atoms with Crippen LogP contribution in [0.25, 0.3) is 10.9 Å². The van der Waals surface area contributed by atoms with Gasteiger partial charge in [0.25, 0.3) is 0 Å². The molecule has 146 valence electrons. The minimum Gasteiger partial charge on any atom is -0.508 e. The van der Waals surface area contributed by atoms with E-state index in [1.54, 1.807) is 26.2 Å². The zero-order chi connectivity index (χ0) is 19.4. The highest BCUT2D eigenvalue weighted by Gasteiger charge is 2.30. The Morgan fingerprint density at radius 2 is 2.11 bits per heavy atom. The van der Waals surface area contributed by atoms with Crippen molar-refractivity contribution in [1.82, 2.24) is 20.1 Å². The van der Waals surface area contributed by atoms with Crippen LogP contribution in [0.2, 0.25) is 0 Å². The Morgan fingerprint density at radius 1 is 1.30 bits per heavy atom. The fourth-order valence-electron chi connectivity index (χ4n) is 3.47. The van der Waals surface area contributed by atoms with Gasteiger partial charge < -0.3 is 20.4 Å². The number of carbonyl (C=O) groups is 1. The maximum atomic E-state index is 11.7. The molecule has 27 heavy (non-hydrogen) atoms. The molecule has 0 unspecified atom stereocenters. The van der Waals surface area contributed by atoms with Crippen LogP contribution in [-0.4, -0.2) is 70.4 Å². The molecule has 0 bridgehead atoms. The largest absolute Gasteiger partial charge is 0.508 e. The van der Waals surface area contributed by atoms with E-state index in [1.165, 1.54) is 4.90 Å². The molecule has 0 spiro atoms. The zero-order valence-electron chi connectivity index (χ0n) is 16.0. The molecule has 0 saturated carbocycles. The predicted molar refractivity (Wildman–Crippen MR) is 105 cm³/mol. The average Bonchev–Trinajstić information content (AvgIpc) is 2.82. The van der Waals surface area contributed by atoms with Crippen LogP contribution in [0.4, 0.5) is 4.79 Å². The van der Waals surface area contributed by atoms with E-state index in [0.29, 0.717) is 12.8 Å². The topological polar surface area (TPSA) is 88.9 Å². The molecule has 0 aliphatic carbocycles. The fraction of sp³-hybridized carbons (Fsp3) is 0.500. The second-order valence-corrected chi connectivity index (χ2v) is 7.63. The van der Waals surface area contributed by atoms with Crippen molar-refractivity contribution in [1.29, 1.82) is 0 Å². The number of nitrogens with one attached hydrogen (secondary N) is 1. The third kappa shape index (κ3) is 5.08. The number of aromatic nitrogens is 1. The third-order valence-corrected chi connectivity index (χ3v) is 5.12. The van der Waals surface area contributed by atoms with E-state index in [2.05, 4.69) is 21.3 Å². The van der Waals surface area contributed by atoms with Crippen molar-refractivity contribution in [3.8, 4) is 5.75 Å². The van der Waals surface area contributed by atoms with Crippen molar-refractivity contribution in [3.05, 3.63) is 36.0 Å². The molecule has 0 radical (unpaired) electrons. The van der Waals surface area contributed by atoms with Crippen molar-refractivity contribution < 1.29 is 15.0 Å². The molecule has 7 heteroatoms. The Kier molecular flexibility index (Phi) is 5.82. The first-order valence-electron chi connectivity index (χ1n) is 9.32. The van der Waals surface area contributed by atoms with Gasteiger partial charge in [-0.15, -0.1) is 0 Å². The van der Waals surface area contributed by atoms with Gasteiger partial charge >= 0.3 is 6.03 Å². The summed E-state index contributed by atoms with van der Waals surface area (Å²) in [5, 5.41) is 24.2. The lowest BCUT2D eigenvalue weighted by Gasteiger charge is -2.28. The number of likely N-dealkylation sites (tertiary alicyclic amines) is 1. The lowest BCUT2D eigenvalue weighted by atomic mass is 9.95. The number of benzene rings is 1. The smallest absolute Gasteiger partial charge is 0.316 e. The highest BCUT2D eigenvalue weighted by molar-refractivity contribution is 5.80. The molecule has 1 aromatic heterocycles. The number of hydrogen-bond donors (Lipinski definition) is 3. The maximum Gasteiger partial charge on any atom is 0.316 e. The van der Waals surface area contributed by atoms with E-state index in [0.717, 1.165) is 42.5 Å². The molecule has 1 saturated heterocycles. The standard InChI is InChI=1S/C20H28N4O3/c1-23(2)19(26)22-14-20(27)6-3-8-24(9-7-20)13-15-10-16-4-5-17(25)11-18(16)21-12-15/h4-5,10-12,25,27H,3,6-9,13-14H2,1-2H3,(H,22,26)/t20-/m0/s1. The van der Waals surface area contributed by atoms with Crippen LogP contribution in [0.1, 0.15) is 24.8 Å². The van der Waals surface area contributed by atoms with Crippen molar-refractivity contribution in [2.24, 2.45) is 0 Å². The first kappa shape index (κ1) is 19.4. The van der Waals surface area contributed by atoms with Gasteiger partial charge in [0.1, 0.15) is 5.75 Å². The number of aliphatic hydroxyl groups is 1. The number of amides is 2. The molecule has 1 fully saturated rings. The number of phenolic OH excluding ortho intramolecular Hbond substituents is 1. The van der Waals surface area contributed by atoms with Crippen LogP contribution in [-0.2, 0) is 6.54 Å². The van der Waals surface area contributed by atoms with Gasteiger partial charge in [-0.2, -0.15) is 0 Å². The van der Waals surface area contributed by atoms with Gasteiger partial charge in [-0.3, -0.25) is 9.88 Å². The summed E-state index contributed by atoms with van der Waals surface area (Å²) < 4.78 is 0. The summed E-state index contributed by atoms with van der Waals surface area (Å²) in [4.78, 5) is 19.9. The number of carbonyl (C=O) groups excluding carboxylic acids is 1. The fourth-order valence-corrected chi connectivity index (χ4v) is 3.47. The highest BCUT2D eigenvalue weighted by Crippen LogP contribution is 2.24. The molecule has 2 amide bonds. The molecular formula is C20H28N4O3. The van der Waals surface area contributed by atoms with Gasteiger partial charge in [-0.25, -0.2) is 4.79 Å². The van der Waals surface area contributed by atoms with Crippen molar-refractivity contribution in [2.45, 2.75) is 31.4 Å². The number of pyridine rings is 1. The van der Waals surface area contributed by atoms with Crippen LogP contribution >= 0.6 is 0 Å². The van der Waals surface area contributed by atoms with Gasteiger partial charge in [0.2, 0.25) is 0 Å². The molecule has 3 N–H and O–H groups in total. The zero-order valence-corrected chi connectivity index (χ0v) is 16.0. The number of fused-ring (bicyclic) bond motifs is 1. The average molecular weight is 372 g/mol. The molecule has 2 aromatic rings. The van der Waals surface area contributed by atoms with Crippen LogP contribution < -0.4 is 5.32 Å². The Bertz CT molecular complexity index is 811. The summed E-state index contributed by atoms with van der Waals surface area (Å²) in [5.41, 5.74) is 1.03. The van der Waals surface area contributed by atoms with Crippen LogP contribution in [0.15, 0.2) is 30.5 Å². The van der Waals surface area contributed by atoms with E-state index in [1.807, 2.05) is 12.3 Å². The summed E-state index contributed by atoms with van der Waals surface area (Å²) in [7, 11) is 3.38. The molecular weight excluding hydrogens is 344 g/mol. The van der Waals surface area contributed by atoms with Crippen LogP contribution in [0.3, 0.4) is 0 Å². The van der Waals surface area contributed by atoms with Crippen LogP contribution in [0.5, 0.6) is 5.75 Å². The summed E-state index contributed by atoms with van der Waals surface area (Å²) in [6, 6.07) is 7.11. The minimum absolute atomic E-state index is 0.183. The van der Waals surface area contributed by atoms with Crippen molar-refractivity contribution >= 4 is 16.9 Å². The molecule has 1 aliphatic rings. The molecule has 1 aromatic carbocycles. The Hall–Kier alpha value is -2.38. The summed E-state index contributed by atoms with van der Waals surface area (Å²) in [6.07, 6.45) is 4.02. The number of aromatic hydroxyl groups is 1. The third-order valence-electron chi connectivity index (χ3n) is 5.12. The summed E-state index contributed by atoms with van der Waals surface area (Å²) in [6.45, 7) is 2.71. The van der Waals surface area contributed by atoms with Gasteiger partial charge in [0.15, 0.2) is 0 Å². The number of urea groups is 1. The molecule has 3 rings (SSSR count). The molecule has 7 nitrogen and oxygen atoms in total. The lowest BCUT2D eigenvalue weighted by Crippen LogP contribution is -2.46.